The van der Waals surface area contributed by atoms with Crippen molar-refractivity contribution in [1.82, 2.24) is 0 Å². The Balaban J connectivity index is 2.40. The Morgan fingerprint density at radius 2 is 1.81 bits per heavy atom. The van der Waals surface area contributed by atoms with Gasteiger partial charge in [0.1, 0.15) is 11.0 Å². The number of methoxy groups -OCH3 is 1. The SMILES string of the molecule is COc1cc(/C=C(\C#N)S(=O)(=O)c2ccc(C)cc2)ccc1OCC(C)C. The zero-order valence-electron chi connectivity index (χ0n) is 15.9. The second-order valence-electron chi connectivity index (χ2n) is 6.55. The van der Waals surface area contributed by atoms with Crippen LogP contribution in [-0.2, 0) is 9.84 Å². The Labute approximate surface area is 160 Å². The fraction of sp³-hybridized carbons (Fsp3) is 0.286. The first kappa shape index (κ1) is 20.5. The number of hydrogen-bond acceptors (Lipinski definition) is 5. The van der Waals surface area contributed by atoms with E-state index < -0.39 is 9.84 Å². The van der Waals surface area contributed by atoms with Gasteiger partial charge in [0.2, 0.25) is 9.84 Å². The van der Waals surface area contributed by atoms with Crippen LogP contribution in [0.4, 0.5) is 0 Å². The number of sulfone groups is 1. The molecule has 0 atom stereocenters. The van der Waals surface area contributed by atoms with Gasteiger partial charge in [0.05, 0.1) is 18.6 Å². The molecule has 2 rings (SSSR count). The molecule has 6 heteroatoms. The number of rotatable bonds is 7. The molecule has 0 radical (unpaired) electrons. The Kier molecular flexibility index (Phi) is 6.65. The second-order valence-corrected chi connectivity index (χ2v) is 8.47. The van der Waals surface area contributed by atoms with Crippen molar-refractivity contribution < 1.29 is 17.9 Å². The Hall–Kier alpha value is -2.78. The molecular formula is C21H23NO4S. The first-order valence-electron chi connectivity index (χ1n) is 8.52. The predicted molar refractivity (Wildman–Crippen MR) is 105 cm³/mol. The Morgan fingerprint density at radius 1 is 1.15 bits per heavy atom. The number of aryl methyl sites for hydroxylation is 1. The van der Waals surface area contributed by atoms with Crippen molar-refractivity contribution in [3.63, 3.8) is 0 Å². The minimum Gasteiger partial charge on any atom is -0.493 e. The van der Waals surface area contributed by atoms with Crippen molar-refractivity contribution in [3.05, 3.63) is 58.5 Å². The molecule has 0 spiro atoms. The highest BCUT2D eigenvalue weighted by molar-refractivity contribution is 7.95. The summed E-state index contributed by atoms with van der Waals surface area (Å²) in [4.78, 5) is -0.242. The van der Waals surface area contributed by atoms with E-state index in [1.54, 1.807) is 36.4 Å². The minimum atomic E-state index is -3.89. The van der Waals surface area contributed by atoms with Gasteiger partial charge in [-0.3, -0.25) is 0 Å². The van der Waals surface area contributed by atoms with Gasteiger partial charge in [0.25, 0.3) is 0 Å². The highest BCUT2D eigenvalue weighted by Crippen LogP contribution is 2.30. The highest BCUT2D eigenvalue weighted by Gasteiger charge is 2.21. The zero-order chi connectivity index (χ0) is 20.0. The van der Waals surface area contributed by atoms with Crippen LogP contribution in [0.15, 0.2) is 52.3 Å². The molecule has 2 aromatic carbocycles. The van der Waals surface area contributed by atoms with E-state index in [9.17, 15) is 13.7 Å². The summed E-state index contributed by atoms with van der Waals surface area (Å²) in [6, 6.07) is 13.3. The van der Waals surface area contributed by atoms with Crippen LogP contribution >= 0.6 is 0 Å². The molecule has 0 unspecified atom stereocenters. The van der Waals surface area contributed by atoms with Crippen LogP contribution in [0.5, 0.6) is 11.5 Å². The number of benzene rings is 2. The maximum atomic E-state index is 12.7. The molecule has 5 nitrogen and oxygen atoms in total. The summed E-state index contributed by atoms with van der Waals surface area (Å²) in [6.45, 7) is 6.49. The van der Waals surface area contributed by atoms with Crippen molar-refractivity contribution in [2.45, 2.75) is 25.7 Å². The maximum absolute atomic E-state index is 12.7. The third-order valence-electron chi connectivity index (χ3n) is 3.79. The number of allylic oxidation sites excluding steroid dienone is 1. The molecule has 0 N–H and O–H groups in total. The van der Waals surface area contributed by atoms with Crippen molar-refractivity contribution in [2.75, 3.05) is 13.7 Å². The molecule has 0 saturated heterocycles. The van der Waals surface area contributed by atoms with Crippen LogP contribution in [0.25, 0.3) is 6.08 Å². The summed E-state index contributed by atoms with van der Waals surface area (Å²) in [5, 5.41) is 9.41. The lowest BCUT2D eigenvalue weighted by atomic mass is 10.2. The van der Waals surface area contributed by atoms with Gasteiger partial charge in [-0.1, -0.05) is 37.6 Å². The molecule has 0 aromatic heterocycles. The molecule has 0 bridgehead atoms. The van der Waals surface area contributed by atoms with E-state index >= 15 is 0 Å². The maximum Gasteiger partial charge on any atom is 0.216 e. The summed E-state index contributed by atoms with van der Waals surface area (Å²) in [6.07, 6.45) is 1.34. The van der Waals surface area contributed by atoms with E-state index in [-0.39, 0.29) is 9.80 Å². The van der Waals surface area contributed by atoms with Crippen LogP contribution in [0.2, 0.25) is 0 Å². The van der Waals surface area contributed by atoms with Gasteiger partial charge >= 0.3 is 0 Å². The topological polar surface area (TPSA) is 76.4 Å². The normalized spacial score (nSPS) is 11.9. The molecule has 0 aliphatic carbocycles. The molecule has 0 aliphatic heterocycles. The lowest BCUT2D eigenvalue weighted by molar-refractivity contribution is 0.257. The van der Waals surface area contributed by atoms with Gasteiger partial charge in [-0.05, 0) is 48.7 Å². The largest absolute Gasteiger partial charge is 0.493 e. The van der Waals surface area contributed by atoms with Crippen molar-refractivity contribution in [3.8, 4) is 17.6 Å². The summed E-state index contributed by atoms with van der Waals surface area (Å²) >= 11 is 0. The van der Waals surface area contributed by atoms with Gasteiger partial charge in [0.15, 0.2) is 11.5 Å². The number of hydrogen-bond donors (Lipinski definition) is 0. The first-order chi connectivity index (χ1) is 12.8. The van der Waals surface area contributed by atoms with Gasteiger partial charge < -0.3 is 9.47 Å². The Bertz CT molecular complexity index is 968. The van der Waals surface area contributed by atoms with E-state index in [1.165, 1.54) is 25.3 Å². The van der Waals surface area contributed by atoms with E-state index in [1.807, 2.05) is 20.8 Å². The first-order valence-corrected chi connectivity index (χ1v) is 10.0. The monoisotopic (exact) mass is 385 g/mol. The summed E-state index contributed by atoms with van der Waals surface area (Å²) in [7, 11) is -2.38. The molecule has 2 aromatic rings. The van der Waals surface area contributed by atoms with Gasteiger partial charge in [0, 0.05) is 0 Å². The quantitative estimate of drug-likeness (QED) is 0.661. The summed E-state index contributed by atoms with van der Waals surface area (Å²) in [5.41, 5.74) is 1.48. The molecule has 0 aliphatic rings. The van der Waals surface area contributed by atoms with Crippen molar-refractivity contribution in [1.29, 1.82) is 5.26 Å². The van der Waals surface area contributed by atoms with Crippen molar-refractivity contribution >= 4 is 15.9 Å². The minimum absolute atomic E-state index is 0.0877. The summed E-state index contributed by atoms with van der Waals surface area (Å²) < 4.78 is 36.5. The molecule has 0 amide bonds. The van der Waals surface area contributed by atoms with E-state index in [0.717, 1.165) is 5.56 Å². The lowest BCUT2D eigenvalue weighted by Crippen LogP contribution is -2.06. The number of nitrogens with zero attached hydrogens (tertiary/aromatic N) is 1. The number of ether oxygens (including phenoxy) is 2. The molecule has 0 heterocycles. The standard InChI is InChI=1S/C21H23NO4S/c1-15(2)14-26-20-10-7-17(12-21(20)25-4)11-19(13-22)27(23,24)18-8-5-16(3)6-9-18/h5-12,15H,14H2,1-4H3/b19-11+. The predicted octanol–water partition coefficient (Wildman–Crippen LogP) is 4.38. The molecule has 142 valence electrons. The third-order valence-corrected chi connectivity index (χ3v) is 5.47. The van der Waals surface area contributed by atoms with Crippen LogP contribution in [0.3, 0.4) is 0 Å². The van der Waals surface area contributed by atoms with Crippen LogP contribution in [0.1, 0.15) is 25.0 Å². The van der Waals surface area contributed by atoms with Gasteiger partial charge in [-0.2, -0.15) is 5.26 Å². The third kappa shape index (κ3) is 5.11. The number of nitriles is 1. The lowest BCUT2D eigenvalue weighted by Gasteiger charge is -2.13. The van der Waals surface area contributed by atoms with Crippen LogP contribution < -0.4 is 9.47 Å². The molecular weight excluding hydrogens is 362 g/mol. The fourth-order valence-corrected chi connectivity index (χ4v) is 3.48. The van der Waals surface area contributed by atoms with Crippen molar-refractivity contribution in [2.24, 2.45) is 5.92 Å². The molecule has 0 fully saturated rings. The second kappa shape index (κ2) is 8.74. The van der Waals surface area contributed by atoms with Gasteiger partial charge in [-0.25, -0.2) is 8.42 Å². The molecule has 0 saturated carbocycles. The highest BCUT2D eigenvalue weighted by atomic mass is 32.2. The van der Waals surface area contributed by atoms with E-state index in [2.05, 4.69) is 0 Å². The molecule has 27 heavy (non-hydrogen) atoms. The van der Waals surface area contributed by atoms with Gasteiger partial charge in [-0.15, -0.1) is 0 Å². The smallest absolute Gasteiger partial charge is 0.216 e. The average molecular weight is 385 g/mol. The zero-order valence-corrected chi connectivity index (χ0v) is 16.7. The van der Waals surface area contributed by atoms with E-state index in [4.69, 9.17) is 9.47 Å². The van der Waals surface area contributed by atoms with Crippen LogP contribution in [-0.4, -0.2) is 22.1 Å². The van der Waals surface area contributed by atoms with E-state index in [0.29, 0.717) is 29.6 Å². The average Bonchev–Trinajstić information content (AvgIpc) is 2.64. The van der Waals surface area contributed by atoms with Crippen LogP contribution in [0, 0.1) is 24.2 Å². The fourth-order valence-electron chi connectivity index (χ4n) is 2.32. The Morgan fingerprint density at radius 3 is 2.37 bits per heavy atom. The summed E-state index contributed by atoms with van der Waals surface area (Å²) in [5.74, 6) is 1.41.